The summed E-state index contributed by atoms with van der Waals surface area (Å²) in [6.07, 6.45) is 4.23. The van der Waals surface area contributed by atoms with Crippen LogP contribution in [-0.4, -0.2) is 5.75 Å². The molecular weight excluding hydrogens is 140 g/mol. The summed E-state index contributed by atoms with van der Waals surface area (Å²) < 4.78 is 0. The molecule has 0 unspecified atom stereocenters. The average molecular weight is 151 g/mol. The number of rotatable bonds is 3. The largest absolute Gasteiger partial charge is 0.174 e. The van der Waals surface area contributed by atoms with Crippen LogP contribution in [0.2, 0.25) is 0 Å². The van der Waals surface area contributed by atoms with E-state index in [0.29, 0.717) is 5.75 Å². The third kappa shape index (κ3) is 4.54. The van der Waals surface area contributed by atoms with Crippen LogP contribution in [0.25, 0.3) is 0 Å². The lowest BCUT2D eigenvalue weighted by Gasteiger charge is -1.88. The molecule has 0 aromatic rings. The predicted molar refractivity (Wildman–Crippen MR) is 42.7 cm³/mol. The van der Waals surface area contributed by atoms with Crippen molar-refractivity contribution in [3.05, 3.63) is 11.1 Å². The van der Waals surface area contributed by atoms with Gasteiger partial charge in [0.25, 0.3) is 0 Å². The minimum absolute atomic E-state index is 0.668. The second-order valence-electron chi connectivity index (χ2n) is 1.60. The monoisotopic (exact) mass is 150 g/mol. The highest BCUT2D eigenvalue weighted by atomic mass is 35.5. The van der Waals surface area contributed by atoms with E-state index in [9.17, 15) is 0 Å². The first-order valence-corrected chi connectivity index (χ1v) is 3.77. The summed E-state index contributed by atoms with van der Waals surface area (Å²) in [6, 6.07) is 0. The lowest BCUT2D eigenvalue weighted by atomic mass is 10.3. The lowest BCUT2D eigenvalue weighted by molar-refractivity contribution is 0.955. The van der Waals surface area contributed by atoms with Crippen molar-refractivity contribution in [2.45, 2.75) is 19.8 Å². The highest BCUT2D eigenvalue weighted by Gasteiger charge is 1.83. The maximum atomic E-state index is 5.63. The molecule has 0 heterocycles. The number of unbranched alkanes of at least 4 members (excludes halogenated alkanes) is 1. The lowest BCUT2D eigenvalue weighted by Crippen LogP contribution is -1.71. The van der Waals surface area contributed by atoms with Gasteiger partial charge in [0.1, 0.15) is 0 Å². The van der Waals surface area contributed by atoms with E-state index in [4.69, 9.17) is 11.6 Å². The Morgan fingerprint density at radius 1 is 1.75 bits per heavy atom. The highest BCUT2D eigenvalue weighted by molar-refractivity contribution is 7.80. The van der Waals surface area contributed by atoms with Gasteiger partial charge in [0.05, 0.1) is 0 Å². The molecule has 8 heavy (non-hydrogen) atoms. The smallest absolute Gasteiger partial charge is 0.0259 e. The molecule has 48 valence electrons. The first kappa shape index (κ1) is 8.38. The van der Waals surface area contributed by atoms with E-state index in [1.807, 2.05) is 6.08 Å². The maximum Gasteiger partial charge on any atom is 0.0259 e. The summed E-state index contributed by atoms with van der Waals surface area (Å²) >= 11 is 9.62. The van der Waals surface area contributed by atoms with Crippen LogP contribution < -0.4 is 0 Å². The van der Waals surface area contributed by atoms with Gasteiger partial charge in [-0.3, -0.25) is 0 Å². The summed E-state index contributed by atoms with van der Waals surface area (Å²) in [6.45, 7) is 2.12. The molecule has 0 aromatic heterocycles. The van der Waals surface area contributed by atoms with E-state index >= 15 is 0 Å². The normalized spacial score (nSPS) is 12.1. The van der Waals surface area contributed by atoms with Crippen molar-refractivity contribution in [2.24, 2.45) is 0 Å². The van der Waals surface area contributed by atoms with Crippen molar-refractivity contribution >= 4 is 24.2 Å². The highest BCUT2D eigenvalue weighted by Crippen LogP contribution is 2.04. The first-order valence-electron chi connectivity index (χ1n) is 2.76. The third-order valence-electron chi connectivity index (χ3n) is 0.806. The molecule has 0 fully saturated rings. The molecular formula is C6H11ClS. The molecule has 0 bridgehead atoms. The summed E-state index contributed by atoms with van der Waals surface area (Å²) in [5.41, 5.74) is 0. The molecule has 0 aliphatic heterocycles. The average Bonchev–Trinajstić information content (AvgIpc) is 1.83. The van der Waals surface area contributed by atoms with Crippen LogP contribution in [0.4, 0.5) is 0 Å². The van der Waals surface area contributed by atoms with Gasteiger partial charge in [-0.05, 0) is 6.42 Å². The Kier molecular flexibility index (Phi) is 5.78. The molecule has 2 heteroatoms. The van der Waals surface area contributed by atoms with Gasteiger partial charge in [-0.1, -0.05) is 31.0 Å². The van der Waals surface area contributed by atoms with Gasteiger partial charge in [-0.25, -0.2) is 0 Å². The van der Waals surface area contributed by atoms with E-state index in [0.717, 1.165) is 17.9 Å². The molecule has 0 amide bonds. The van der Waals surface area contributed by atoms with Gasteiger partial charge in [0.2, 0.25) is 0 Å². The van der Waals surface area contributed by atoms with Crippen LogP contribution in [0.1, 0.15) is 19.8 Å². The Morgan fingerprint density at radius 2 is 2.38 bits per heavy atom. The first-order chi connectivity index (χ1) is 3.81. The molecule has 0 aliphatic carbocycles. The van der Waals surface area contributed by atoms with Crippen LogP contribution in [-0.2, 0) is 0 Å². The van der Waals surface area contributed by atoms with Crippen molar-refractivity contribution in [2.75, 3.05) is 5.75 Å². The topological polar surface area (TPSA) is 0 Å². The number of allylic oxidation sites excluding steroid dienone is 1. The second kappa shape index (κ2) is 5.52. The molecule has 0 N–H and O–H groups in total. The zero-order chi connectivity index (χ0) is 6.41. The van der Waals surface area contributed by atoms with Gasteiger partial charge in [0, 0.05) is 10.8 Å². The Balaban J connectivity index is 3.26. The fraction of sp³-hybridized carbons (Fsp3) is 0.667. The quantitative estimate of drug-likeness (QED) is 0.588. The van der Waals surface area contributed by atoms with Gasteiger partial charge < -0.3 is 0 Å². The zero-order valence-corrected chi connectivity index (χ0v) is 6.67. The summed E-state index contributed by atoms with van der Waals surface area (Å²) in [5, 5.41) is 0.857. The van der Waals surface area contributed by atoms with Gasteiger partial charge in [-0.2, -0.15) is 12.6 Å². The van der Waals surface area contributed by atoms with E-state index in [2.05, 4.69) is 19.6 Å². The minimum atomic E-state index is 0.668. The van der Waals surface area contributed by atoms with Gasteiger partial charge in [-0.15, -0.1) is 0 Å². The van der Waals surface area contributed by atoms with E-state index in [1.54, 1.807) is 0 Å². The Morgan fingerprint density at radius 3 is 2.75 bits per heavy atom. The number of thiol groups is 1. The molecule has 0 aromatic carbocycles. The predicted octanol–water partition coefficient (Wildman–Crippen LogP) is 2.84. The Bertz CT molecular complexity index is 78.6. The van der Waals surface area contributed by atoms with Crippen LogP contribution >= 0.6 is 24.2 Å². The van der Waals surface area contributed by atoms with Crippen LogP contribution in [0.3, 0.4) is 0 Å². The third-order valence-corrected chi connectivity index (χ3v) is 1.62. The fourth-order valence-electron chi connectivity index (χ4n) is 0.366. The van der Waals surface area contributed by atoms with Crippen LogP contribution in [0, 0.1) is 0 Å². The second-order valence-corrected chi connectivity index (χ2v) is 2.40. The molecule has 0 aliphatic rings. The van der Waals surface area contributed by atoms with Crippen LogP contribution in [0.15, 0.2) is 11.1 Å². The van der Waals surface area contributed by atoms with E-state index < -0.39 is 0 Å². The van der Waals surface area contributed by atoms with Crippen molar-refractivity contribution in [3.63, 3.8) is 0 Å². The molecule has 0 atom stereocenters. The van der Waals surface area contributed by atoms with Gasteiger partial charge >= 0.3 is 0 Å². The molecule has 0 radical (unpaired) electrons. The number of halogens is 1. The van der Waals surface area contributed by atoms with Crippen molar-refractivity contribution in [1.29, 1.82) is 0 Å². The molecule has 0 saturated carbocycles. The minimum Gasteiger partial charge on any atom is -0.174 e. The standard InChI is InChI=1S/C6H11ClS/c1-2-3-4-6(7)5-8/h4,8H,2-3,5H2,1H3/b6-4-. The number of hydrogen-bond donors (Lipinski definition) is 1. The Labute approximate surface area is 61.3 Å². The number of hydrogen-bond acceptors (Lipinski definition) is 1. The summed E-state index contributed by atoms with van der Waals surface area (Å²) in [4.78, 5) is 0. The van der Waals surface area contributed by atoms with Crippen molar-refractivity contribution in [3.8, 4) is 0 Å². The Hall–Kier alpha value is 0.380. The molecule has 0 spiro atoms. The van der Waals surface area contributed by atoms with Gasteiger partial charge in [0.15, 0.2) is 0 Å². The molecule has 0 rings (SSSR count). The van der Waals surface area contributed by atoms with Crippen LogP contribution in [0.5, 0.6) is 0 Å². The fourth-order valence-corrected chi connectivity index (χ4v) is 0.604. The zero-order valence-electron chi connectivity index (χ0n) is 5.02. The van der Waals surface area contributed by atoms with E-state index in [-0.39, 0.29) is 0 Å². The van der Waals surface area contributed by atoms with E-state index in [1.165, 1.54) is 0 Å². The maximum absolute atomic E-state index is 5.63. The molecule has 0 saturated heterocycles. The van der Waals surface area contributed by atoms with Crippen molar-refractivity contribution in [1.82, 2.24) is 0 Å². The summed E-state index contributed by atoms with van der Waals surface area (Å²) in [5.74, 6) is 0.668. The SMILES string of the molecule is CCC/C=C(\Cl)CS. The molecule has 0 nitrogen and oxygen atoms in total. The summed E-state index contributed by atoms with van der Waals surface area (Å²) in [7, 11) is 0. The van der Waals surface area contributed by atoms with Crippen molar-refractivity contribution < 1.29 is 0 Å².